The van der Waals surface area contributed by atoms with Gasteiger partial charge in [0.25, 0.3) is 11.8 Å². The molecular formula is C25H24ClN3O4S. The average molecular weight is 498 g/mol. The number of amides is 2. The Bertz CT molecular complexity index is 1490. The molecule has 0 unspecified atom stereocenters. The van der Waals surface area contributed by atoms with Crippen molar-refractivity contribution in [1.82, 2.24) is 4.90 Å². The molecule has 3 N–H and O–H groups in total. The van der Waals surface area contributed by atoms with Crippen LogP contribution < -0.4 is 16.7 Å². The monoisotopic (exact) mass is 497 g/mol. The van der Waals surface area contributed by atoms with Gasteiger partial charge in [-0.05, 0) is 48.7 Å². The Morgan fingerprint density at radius 1 is 1.15 bits per heavy atom. The van der Waals surface area contributed by atoms with E-state index in [4.69, 9.17) is 10.2 Å². The Morgan fingerprint density at radius 3 is 2.65 bits per heavy atom. The molecule has 5 rings (SSSR count). The summed E-state index contributed by atoms with van der Waals surface area (Å²) in [6.45, 7) is 5.76. The van der Waals surface area contributed by atoms with Crippen LogP contribution in [0, 0.1) is 0 Å². The number of thiophene rings is 1. The number of fused-ring (bicyclic) bond motifs is 4. The molecule has 176 valence electrons. The first-order chi connectivity index (χ1) is 15.8. The predicted molar refractivity (Wildman–Crippen MR) is 137 cm³/mol. The second-order valence-corrected chi connectivity index (χ2v) is 9.59. The van der Waals surface area contributed by atoms with Gasteiger partial charge in [-0.3, -0.25) is 14.5 Å². The highest BCUT2D eigenvalue weighted by molar-refractivity contribution is 7.17. The molecule has 7 nitrogen and oxygen atoms in total. The number of rotatable bonds is 4. The molecule has 0 bridgehead atoms. The van der Waals surface area contributed by atoms with Crippen LogP contribution in [0.5, 0.6) is 0 Å². The second-order valence-electron chi connectivity index (χ2n) is 8.49. The summed E-state index contributed by atoms with van der Waals surface area (Å²) in [7, 11) is 0. The van der Waals surface area contributed by atoms with E-state index in [0.717, 1.165) is 27.8 Å². The molecule has 2 aromatic heterocycles. The van der Waals surface area contributed by atoms with Crippen molar-refractivity contribution in [3.63, 3.8) is 0 Å². The lowest BCUT2D eigenvalue weighted by molar-refractivity contribution is 0.0999. The van der Waals surface area contributed by atoms with Crippen molar-refractivity contribution in [2.24, 2.45) is 5.73 Å². The van der Waals surface area contributed by atoms with Crippen molar-refractivity contribution in [3.8, 4) is 0 Å². The number of nitrogens with two attached hydrogens (primary N) is 1. The molecule has 0 fully saturated rings. The Balaban J connectivity index is 0.00000274. The molecule has 34 heavy (non-hydrogen) atoms. The zero-order valence-corrected chi connectivity index (χ0v) is 20.3. The van der Waals surface area contributed by atoms with Crippen molar-refractivity contribution in [1.29, 1.82) is 0 Å². The van der Waals surface area contributed by atoms with Gasteiger partial charge in [0.1, 0.15) is 16.1 Å². The predicted octanol–water partition coefficient (Wildman–Crippen LogP) is 4.55. The maximum atomic E-state index is 13.1. The largest absolute Gasteiger partial charge is 0.422 e. The van der Waals surface area contributed by atoms with E-state index in [9.17, 15) is 14.4 Å². The number of halogens is 1. The molecule has 3 heterocycles. The Labute approximate surface area is 205 Å². The van der Waals surface area contributed by atoms with Crippen LogP contribution in [0.2, 0.25) is 0 Å². The summed E-state index contributed by atoms with van der Waals surface area (Å²) >= 11 is 1.34. The average Bonchev–Trinajstić information content (AvgIpc) is 3.15. The Morgan fingerprint density at radius 2 is 1.91 bits per heavy atom. The van der Waals surface area contributed by atoms with Crippen LogP contribution in [0.15, 0.2) is 51.7 Å². The third kappa shape index (κ3) is 4.09. The summed E-state index contributed by atoms with van der Waals surface area (Å²) in [5.74, 6) is -1.21. The van der Waals surface area contributed by atoms with Crippen molar-refractivity contribution >= 4 is 62.3 Å². The first-order valence-corrected chi connectivity index (χ1v) is 11.6. The first-order valence-electron chi connectivity index (χ1n) is 10.8. The fourth-order valence-electron chi connectivity index (χ4n) is 4.41. The molecule has 1 aliphatic heterocycles. The zero-order valence-electron chi connectivity index (χ0n) is 18.7. The topological polar surface area (TPSA) is 106 Å². The van der Waals surface area contributed by atoms with Crippen LogP contribution in [-0.4, -0.2) is 29.3 Å². The lowest BCUT2D eigenvalue weighted by Gasteiger charge is -2.30. The summed E-state index contributed by atoms with van der Waals surface area (Å²) in [5.41, 5.74) is 6.46. The van der Waals surface area contributed by atoms with Gasteiger partial charge >= 0.3 is 5.63 Å². The van der Waals surface area contributed by atoms with Crippen LogP contribution in [0.1, 0.15) is 45.0 Å². The van der Waals surface area contributed by atoms with Crippen LogP contribution in [0.25, 0.3) is 21.7 Å². The fourth-order valence-corrected chi connectivity index (χ4v) is 5.69. The number of primary amides is 1. The minimum atomic E-state index is -0.733. The third-order valence-corrected chi connectivity index (χ3v) is 7.31. The molecule has 2 amide bonds. The fraction of sp³-hybridized carbons (Fsp3) is 0.240. The SMILES string of the molecule is CC(C)N1CCc2c(sc(NC(=O)c3cc4c(ccc5ccccc54)oc3=O)c2C(N)=O)C1.Cl. The van der Waals surface area contributed by atoms with Crippen molar-refractivity contribution < 1.29 is 14.0 Å². The van der Waals surface area contributed by atoms with Crippen LogP contribution >= 0.6 is 23.7 Å². The molecule has 0 aliphatic carbocycles. The number of nitrogens with one attached hydrogen (secondary N) is 1. The molecule has 0 atom stereocenters. The van der Waals surface area contributed by atoms with Gasteiger partial charge in [0, 0.05) is 29.4 Å². The van der Waals surface area contributed by atoms with Gasteiger partial charge in [-0.2, -0.15) is 0 Å². The molecule has 1 aliphatic rings. The van der Waals surface area contributed by atoms with Crippen LogP contribution in [0.4, 0.5) is 5.00 Å². The molecular weight excluding hydrogens is 474 g/mol. The zero-order chi connectivity index (χ0) is 23.3. The summed E-state index contributed by atoms with van der Waals surface area (Å²) in [6.07, 6.45) is 0.683. The third-order valence-electron chi connectivity index (χ3n) is 6.18. The summed E-state index contributed by atoms with van der Waals surface area (Å²) in [5, 5.41) is 5.67. The number of hydrogen-bond acceptors (Lipinski definition) is 6. The number of benzene rings is 2. The molecule has 2 aromatic carbocycles. The molecule has 0 radical (unpaired) electrons. The van der Waals surface area contributed by atoms with E-state index in [-0.39, 0.29) is 18.0 Å². The van der Waals surface area contributed by atoms with Crippen molar-refractivity contribution in [2.45, 2.75) is 32.9 Å². The maximum Gasteiger partial charge on any atom is 0.349 e. The maximum absolute atomic E-state index is 13.1. The minimum absolute atomic E-state index is 0. The number of carbonyl (C=O) groups is 2. The van der Waals surface area contributed by atoms with Gasteiger partial charge in [0.05, 0.1) is 5.56 Å². The van der Waals surface area contributed by atoms with E-state index in [1.807, 2.05) is 30.3 Å². The quantitative estimate of drug-likeness (QED) is 0.318. The summed E-state index contributed by atoms with van der Waals surface area (Å²) in [6, 6.07) is 13.2. The van der Waals surface area contributed by atoms with Gasteiger partial charge in [0.2, 0.25) is 0 Å². The lowest BCUT2D eigenvalue weighted by Crippen LogP contribution is -2.35. The number of carbonyl (C=O) groups excluding carboxylic acids is 2. The number of nitrogens with zero attached hydrogens (tertiary/aromatic N) is 1. The molecule has 0 saturated carbocycles. The van der Waals surface area contributed by atoms with Gasteiger partial charge in [-0.15, -0.1) is 23.7 Å². The smallest absolute Gasteiger partial charge is 0.349 e. The molecule has 9 heteroatoms. The van der Waals surface area contributed by atoms with Crippen LogP contribution in [0.3, 0.4) is 0 Å². The van der Waals surface area contributed by atoms with E-state index in [2.05, 4.69) is 24.1 Å². The summed E-state index contributed by atoms with van der Waals surface area (Å²) < 4.78 is 5.45. The molecule has 0 saturated heterocycles. The van der Waals surface area contributed by atoms with E-state index >= 15 is 0 Å². The normalized spacial score (nSPS) is 13.6. The van der Waals surface area contributed by atoms with E-state index in [1.165, 1.54) is 11.3 Å². The van der Waals surface area contributed by atoms with Crippen molar-refractivity contribution in [3.05, 3.63) is 74.5 Å². The number of anilines is 1. The van der Waals surface area contributed by atoms with E-state index in [1.54, 1.807) is 12.1 Å². The Kier molecular flexibility index (Phi) is 6.49. The second kappa shape index (κ2) is 9.21. The highest BCUT2D eigenvalue weighted by atomic mass is 35.5. The highest BCUT2D eigenvalue weighted by Gasteiger charge is 2.29. The van der Waals surface area contributed by atoms with Gasteiger partial charge < -0.3 is 15.5 Å². The molecule has 0 spiro atoms. The van der Waals surface area contributed by atoms with E-state index < -0.39 is 17.4 Å². The van der Waals surface area contributed by atoms with E-state index in [0.29, 0.717) is 40.5 Å². The highest BCUT2D eigenvalue weighted by Crippen LogP contribution is 2.37. The standard InChI is InChI=1S/C25H23N3O4S.ClH/c1-13(2)28-10-9-16-20(12-28)33-24(21(16)22(26)29)27-23(30)18-11-17-15-6-4-3-5-14(15)7-8-19(17)32-25(18)31;/h3-8,11,13H,9-10,12H2,1-2H3,(H2,26,29)(H,27,30);1H. The van der Waals surface area contributed by atoms with Crippen LogP contribution in [-0.2, 0) is 13.0 Å². The Hall–Kier alpha value is -3.20. The first kappa shape index (κ1) is 23.9. The minimum Gasteiger partial charge on any atom is -0.422 e. The summed E-state index contributed by atoms with van der Waals surface area (Å²) in [4.78, 5) is 41.3. The van der Waals surface area contributed by atoms with Gasteiger partial charge in [0.15, 0.2) is 0 Å². The van der Waals surface area contributed by atoms with Gasteiger partial charge in [-0.25, -0.2) is 4.79 Å². The van der Waals surface area contributed by atoms with Gasteiger partial charge in [-0.1, -0.05) is 30.3 Å². The lowest BCUT2D eigenvalue weighted by atomic mass is 10.0. The van der Waals surface area contributed by atoms with Crippen molar-refractivity contribution in [2.75, 3.05) is 11.9 Å². The number of hydrogen-bond donors (Lipinski definition) is 2. The molecule has 4 aromatic rings.